The summed E-state index contributed by atoms with van der Waals surface area (Å²) in [7, 11) is 1.74. The minimum absolute atomic E-state index is 0.274. The third-order valence-corrected chi connectivity index (χ3v) is 7.11. The van der Waals surface area contributed by atoms with Gasteiger partial charge in [0.1, 0.15) is 5.75 Å². The molecule has 0 radical (unpaired) electrons. The van der Waals surface area contributed by atoms with E-state index in [4.69, 9.17) is 15.6 Å². The third-order valence-electron chi connectivity index (χ3n) is 5.82. The average Bonchev–Trinajstić information content (AvgIpc) is 2.75. The molecular weight excluding hydrogens is 366 g/mol. The maximum atomic E-state index is 9.01. The van der Waals surface area contributed by atoms with Crippen LogP contribution in [0.4, 0.5) is 0 Å². The molecule has 4 heteroatoms. The van der Waals surface area contributed by atoms with E-state index in [9.17, 15) is 0 Å². The van der Waals surface area contributed by atoms with Gasteiger partial charge in [-0.1, -0.05) is 36.8 Å². The van der Waals surface area contributed by atoms with Crippen LogP contribution in [-0.4, -0.2) is 31.1 Å². The highest BCUT2D eigenvalue weighted by Gasteiger charge is 2.21. The maximum absolute atomic E-state index is 9.01. The van der Waals surface area contributed by atoms with Crippen molar-refractivity contribution in [3.8, 4) is 5.75 Å². The molecule has 1 aliphatic rings. The number of benzene rings is 2. The monoisotopic (exact) mass is 399 g/mol. The van der Waals surface area contributed by atoms with Gasteiger partial charge in [0.25, 0.3) is 0 Å². The van der Waals surface area contributed by atoms with E-state index in [0.29, 0.717) is 18.4 Å². The lowest BCUT2D eigenvalue weighted by atomic mass is 9.82. The maximum Gasteiger partial charge on any atom is 0.132 e. The molecular formula is C24H33NO2S. The van der Waals surface area contributed by atoms with Crippen molar-refractivity contribution < 1.29 is 9.84 Å². The van der Waals surface area contributed by atoms with Gasteiger partial charge in [-0.15, -0.1) is 11.8 Å². The van der Waals surface area contributed by atoms with Crippen LogP contribution in [0.5, 0.6) is 5.75 Å². The second-order valence-corrected chi connectivity index (χ2v) is 8.81. The van der Waals surface area contributed by atoms with Gasteiger partial charge in [-0.05, 0) is 79.3 Å². The van der Waals surface area contributed by atoms with Crippen molar-refractivity contribution in [3.05, 3.63) is 59.2 Å². The number of aliphatic hydroxyl groups is 1. The Bertz CT molecular complexity index is 749. The van der Waals surface area contributed by atoms with Crippen molar-refractivity contribution in [2.24, 2.45) is 11.7 Å². The first-order chi connectivity index (χ1) is 13.7. The van der Waals surface area contributed by atoms with Crippen molar-refractivity contribution in [3.63, 3.8) is 0 Å². The molecule has 2 atom stereocenters. The highest BCUT2D eigenvalue weighted by atomic mass is 32.2. The Kier molecular flexibility index (Phi) is 8.26. The molecule has 152 valence electrons. The lowest BCUT2D eigenvalue weighted by Crippen LogP contribution is -2.18. The van der Waals surface area contributed by atoms with E-state index in [0.717, 1.165) is 43.6 Å². The van der Waals surface area contributed by atoms with Gasteiger partial charge in [0.05, 0.1) is 7.11 Å². The number of hydrogen-bond donors (Lipinski definition) is 2. The van der Waals surface area contributed by atoms with Crippen molar-refractivity contribution in [2.45, 2.75) is 49.3 Å². The van der Waals surface area contributed by atoms with Gasteiger partial charge in [0, 0.05) is 17.3 Å². The molecule has 0 unspecified atom stereocenters. The Morgan fingerprint density at radius 1 is 1.18 bits per heavy atom. The van der Waals surface area contributed by atoms with Gasteiger partial charge >= 0.3 is 0 Å². The van der Waals surface area contributed by atoms with E-state index in [1.165, 1.54) is 28.0 Å². The van der Waals surface area contributed by atoms with E-state index in [-0.39, 0.29) is 6.61 Å². The van der Waals surface area contributed by atoms with Crippen molar-refractivity contribution in [1.82, 2.24) is 0 Å². The fourth-order valence-corrected chi connectivity index (χ4v) is 5.28. The molecule has 3 nitrogen and oxygen atoms in total. The van der Waals surface area contributed by atoms with E-state index in [1.54, 1.807) is 7.11 Å². The number of rotatable bonds is 10. The Hall–Kier alpha value is -1.49. The quantitative estimate of drug-likeness (QED) is 0.445. The van der Waals surface area contributed by atoms with Gasteiger partial charge in [-0.2, -0.15) is 0 Å². The first-order valence-electron chi connectivity index (χ1n) is 10.4. The summed E-state index contributed by atoms with van der Waals surface area (Å²) < 4.78 is 5.48. The number of unbranched alkanes of at least 4 members (excludes halogenated alkanes) is 1. The standard InChI is InChI=1S/C24H33NO2S/c1-27-23-7-2-3-8-24(23)28-17-18-9-10-20-15-21(12-11-19(20)14-18)22(16-25)6-4-5-13-26/h2-3,7-8,11-12,15,18,22,26H,4-6,9-10,13-14,16-17,25H2,1H3/t18-,22+/m1/s1. The molecule has 0 bridgehead atoms. The van der Waals surface area contributed by atoms with Gasteiger partial charge < -0.3 is 15.6 Å². The third kappa shape index (κ3) is 5.53. The van der Waals surface area contributed by atoms with Crippen LogP contribution in [0.3, 0.4) is 0 Å². The van der Waals surface area contributed by atoms with Crippen molar-refractivity contribution in [1.29, 1.82) is 0 Å². The Balaban J connectivity index is 1.59. The number of fused-ring (bicyclic) bond motifs is 1. The molecule has 0 spiro atoms. The van der Waals surface area contributed by atoms with Gasteiger partial charge in [0.15, 0.2) is 0 Å². The molecule has 2 aromatic carbocycles. The normalized spacial score (nSPS) is 17.2. The van der Waals surface area contributed by atoms with E-state index in [1.807, 2.05) is 23.9 Å². The Morgan fingerprint density at radius 2 is 2.04 bits per heavy atom. The summed E-state index contributed by atoms with van der Waals surface area (Å²) in [4.78, 5) is 1.24. The minimum atomic E-state index is 0.274. The topological polar surface area (TPSA) is 55.5 Å². The first kappa shape index (κ1) is 21.2. The molecule has 2 aromatic rings. The van der Waals surface area contributed by atoms with E-state index >= 15 is 0 Å². The molecule has 0 aromatic heterocycles. The summed E-state index contributed by atoms with van der Waals surface area (Å²) >= 11 is 1.91. The number of aryl methyl sites for hydroxylation is 1. The molecule has 0 saturated heterocycles. The fourth-order valence-electron chi connectivity index (χ4n) is 4.12. The predicted octanol–water partition coefficient (Wildman–Crippen LogP) is 4.80. The van der Waals surface area contributed by atoms with Crippen LogP contribution in [0, 0.1) is 5.92 Å². The zero-order valence-electron chi connectivity index (χ0n) is 16.9. The molecule has 0 saturated carbocycles. The highest BCUT2D eigenvalue weighted by Crippen LogP contribution is 2.35. The van der Waals surface area contributed by atoms with Crippen molar-refractivity contribution >= 4 is 11.8 Å². The highest BCUT2D eigenvalue weighted by molar-refractivity contribution is 7.99. The van der Waals surface area contributed by atoms with Crippen LogP contribution in [0.1, 0.15) is 48.3 Å². The molecule has 0 fully saturated rings. The molecule has 0 amide bonds. The largest absolute Gasteiger partial charge is 0.496 e. The zero-order chi connectivity index (χ0) is 19.8. The Labute approximate surface area is 173 Å². The van der Waals surface area contributed by atoms with Gasteiger partial charge in [-0.25, -0.2) is 0 Å². The van der Waals surface area contributed by atoms with Crippen LogP contribution >= 0.6 is 11.8 Å². The first-order valence-corrected chi connectivity index (χ1v) is 11.4. The molecule has 0 aliphatic heterocycles. The number of thioether (sulfide) groups is 1. The van der Waals surface area contributed by atoms with Crippen LogP contribution in [0.2, 0.25) is 0 Å². The van der Waals surface area contributed by atoms with E-state index in [2.05, 4.69) is 30.3 Å². The fraction of sp³-hybridized carbons (Fsp3) is 0.500. The summed E-state index contributed by atoms with van der Waals surface area (Å²) in [6.07, 6.45) is 6.54. The van der Waals surface area contributed by atoms with Gasteiger partial charge in [0.2, 0.25) is 0 Å². The summed E-state index contributed by atoms with van der Waals surface area (Å²) in [6, 6.07) is 15.3. The van der Waals surface area contributed by atoms with Gasteiger partial charge in [-0.3, -0.25) is 0 Å². The summed E-state index contributed by atoms with van der Waals surface area (Å²) in [5.74, 6) is 3.23. The van der Waals surface area contributed by atoms with Crippen LogP contribution < -0.4 is 10.5 Å². The summed E-state index contributed by atoms with van der Waals surface area (Å²) in [5.41, 5.74) is 10.4. The second kappa shape index (κ2) is 10.9. The smallest absolute Gasteiger partial charge is 0.132 e. The number of nitrogens with two attached hydrogens (primary N) is 1. The Morgan fingerprint density at radius 3 is 2.82 bits per heavy atom. The summed E-state index contributed by atoms with van der Waals surface area (Å²) in [6.45, 7) is 0.956. The lowest BCUT2D eigenvalue weighted by Gasteiger charge is -2.26. The SMILES string of the molecule is COc1ccccc1SC[C@@H]1CCc2cc([C@H](CN)CCCCO)ccc2C1. The molecule has 1 aliphatic carbocycles. The van der Waals surface area contributed by atoms with Crippen LogP contribution in [0.15, 0.2) is 47.4 Å². The van der Waals surface area contributed by atoms with Crippen molar-refractivity contribution in [2.75, 3.05) is 26.0 Å². The molecule has 3 N–H and O–H groups in total. The summed E-state index contributed by atoms with van der Waals surface area (Å²) in [5, 5.41) is 9.01. The minimum Gasteiger partial charge on any atom is -0.496 e. The number of para-hydroxylation sites is 1. The number of ether oxygens (including phenoxy) is 1. The lowest BCUT2D eigenvalue weighted by molar-refractivity contribution is 0.281. The van der Waals surface area contributed by atoms with Crippen LogP contribution in [0.25, 0.3) is 0 Å². The molecule has 3 rings (SSSR count). The second-order valence-electron chi connectivity index (χ2n) is 7.75. The number of hydrogen-bond acceptors (Lipinski definition) is 4. The number of aliphatic hydroxyl groups excluding tert-OH is 1. The predicted molar refractivity (Wildman–Crippen MR) is 118 cm³/mol. The number of methoxy groups -OCH3 is 1. The zero-order valence-corrected chi connectivity index (χ0v) is 17.7. The molecule has 0 heterocycles. The average molecular weight is 400 g/mol. The van der Waals surface area contributed by atoms with Crippen LogP contribution in [-0.2, 0) is 12.8 Å². The van der Waals surface area contributed by atoms with E-state index < -0.39 is 0 Å². The molecule has 28 heavy (non-hydrogen) atoms.